The lowest BCUT2D eigenvalue weighted by atomic mass is 10.1. The van der Waals surface area contributed by atoms with Crippen LogP contribution in [0.25, 0.3) is 11.1 Å². The molecule has 2 heteroatoms. The van der Waals surface area contributed by atoms with E-state index < -0.39 is 5.97 Å². The minimum absolute atomic E-state index is 0.256. The van der Waals surface area contributed by atoms with Crippen LogP contribution in [0.2, 0.25) is 0 Å². The van der Waals surface area contributed by atoms with Gasteiger partial charge in [-0.3, -0.25) is 0 Å². The van der Waals surface area contributed by atoms with Crippen molar-refractivity contribution in [3.63, 3.8) is 0 Å². The first-order chi connectivity index (χ1) is 6.29. The molecule has 0 spiro atoms. The molecule has 2 aliphatic rings. The number of rotatable bonds is 1. The Balaban J connectivity index is 2.68. The van der Waals surface area contributed by atoms with Gasteiger partial charge in [-0.2, -0.15) is 0 Å². The molecule has 0 amide bonds. The highest BCUT2D eigenvalue weighted by Gasteiger charge is 2.14. The molecule has 0 fully saturated rings. The summed E-state index contributed by atoms with van der Waals surface area (Å²) in [5, 5.41) is 10.7. The Morgan fingerprint density at radius 1 is 0.923 bits per heavy atom. The van der Waals surface area contributed by atoms with Crippen molar-refractivity contribution in [3.8, 4) is 11.1 Å². The number of carbonyl (C=O) groups excluding carboxylic acids is 1. The highest BCUT2D eigenvalue weighted by molar-refractivity contribution is 5.97. The minimum atomic E-state index is -1.12. The lowest BCUT2D eigenvalue weighted by molar-refractivity contribution is 0.0574. The molecular weight excluding hydrogens is 164 g/mol. The van der Waals surface area contributed by atoms with Gasteiger partial charge in [-0.25, -0.2) is 9.90 Å². The number of hydrogen-bond donors (Lipinski definition) is 0. The molecule has 13 heavy (non-hydrogen) atoms. The molecule has 0 unspecified atom stereocenters. The van der Waals surface area contributed by atoms with Gasteiger partial charge in [-0.1, -0.05) is 36.4 Å². The van der Waals surface area contributed by atoms with Gasteiger partial charge in [-0.15, -0.1) is 0 Å². The van der Waals surface area contributed by atoms with E-state index in [2.05, 4.69) is 0 Å². The predicted octanol–water partition coefficient (Wildman–Crippen LogP) is 2.36. The van der Waals surface area contributed by atoms with Gasteiger partial charge in [0.15, 0.2) is 0 Å². The van der Waals surface area contributed by atoms with Crippen molar-refractivity contribution >= 4 is 5.97 Å². The standard InChI is InChI=1S/C11H7O2/c12-11(13)10-7-6-8-4-2-1-3-5-9(8)10/h1-7H. The minimum Gasteiger partial charge on any atom is -0.241 e. The summed E-state index contributed by atoms with van der Waals surface area (Å²) in [5.41, 5.74) is 1.90. The van der Waals surface area contributed by atoms with Crippen molar-refractivity contribution in [3.05, 3.63) is 48.0 Å². The normalized spacial score (nSPS) is 10.2. The second-order valence-electron chi connectivity index (χ2n) is 2.81. The van der Waals surface area contributed by atoms with Gasteiger partial charge in [0, 0.05) is 0 Å². The molecule has 0 aromatic carbocycles. The summed E-state index contributed by atoms with van der Waals surface area (Å²) in [6, 6.07) is 12.6. The summed E-state index contributed by atoms with van der Waals surface area (Å²) in [7, 11) is 0. The monoisotopic (exact) mass is 171 g/mol. The molecule has 0 heterocycles. The molecule has 0 N–H and O–H groups in total. The third-order valence-corrected chi connectivity index (χ3v) is 2.01. The van der Waals surface area contributed by atoms with E-state index in [4.69, 9.17) is 0 Å². The Kier molecular flexibility index (Phi) is 1.74. The van der Waals surface area contributed by atoms with Crippen molar-refractivity contribution in [1.29, 1.82) is 0 Å². The molecule has 0 aromatic heterocycles. The molecule has 2 aliphatic carbocycles. The first-order valence-electron chi connectivity index (χ1n) is 3.98. The lowest BCUT2D eigenvalue weighted by Gasteiger charge is -1.92. The van der Waals surface area contributed by atoms with E-state index in [0.29, 0.717) is 0 Å². The van der Waals surface area contributed by atoms with Gasteiger partial charge in [0.05, 0.1) is 5.56 Å². The largest absolute Gasteiger partial charge is 0.386 e. The van der Waals surface area contributed by atoms with Crippen LogP contribution < -0.4 is 0 Å². The quantitative estimate of drug-likeness (QED) is 0.648. The van der Waals surface area contributed by atoms with E-state index in [1.165, 1.54) is 0 Å². The molecule has 0 saturated carbocycles. The smallest absolute Gasteiger partial charge is 0.241 e. The van der Waals surface area contributed by atoms with Gasteiger partial charge in [-0.05, 0) is 17.2 Å². The zero-order chi connectivity index (χ0) is 9.26. The highest BCUT2D eigenvalue weighted by Crippen LogP contribution is 2.26. The molecule has 0 bridgehead atoms. The molecule has 0 saturated heterocycles. The summed E-state index contributed by atoms with van der Waals surface area (Å²) in [4.78, 5) is 10.7. The fourth-order valence-corrected chi connectivity index (χ4v) is 1.39. The van der Waals surface area contributed by atoms with Crippen molar-refractivity contribution < 1.29 is 9.90 Å². The van der Waals surface area contributed by atoms with E-state index in [0.717, 1.165) is 11.1 Å². The maximum absolute atomic E-state index is 10.7. The van der Waals surface area contributed by atoms with Crippen LogP contribution in [0.3, 0.4) is 0 Å². The van der Waals surface area contributed by atoms with Crippen molar-refractivity contribution in [2.45, 2.75) is 0 Å². The predicted molar refractivity (Wildman–Crippen MR) is 48.1 cm³/mol. The second-order valence-corrected chi connectivity index (χ2v) is 2.81. The van der Waals surface area contributed by atoms with Gasteiger partial charge < -0.3 is 0 Å². The highest BCUT2D eigenvalue weighted by atomic mass is 16.4. The zero-order valence-corrected chi connectivity index (χ0v) is 6.86. The first kappa shape index (κ1) is 7.80. The third-order valence-electron chi connectivity index (χ3n) is 2.01. The first-order valence-corrected chi connectivity index (χ1v) is 3.98. The van der Waals surface area contributed by atoms with E-state index in [-0.39, 0.29) is 5.56 Å². The topological polar surface area (TPSA) is 37.0 Å². The Morgan fingerprint density at radius 3 is 2.46 bits per heavy atom. The van der Waals surface area contributed by atoms with Gasteiger partial charge in [0.25, 0.3) is 0 Å². The fourth-order valence-electron chi connectivity index (χ4n) is 1.39. The Labute approximate surface area is 75.8 Å². The zero-order valence-electron chi connectivity index (χ0n) is 6.86. The van der Waals surface area contributed by atoms with Crippen LogP contribution in [0.15, 0.2) is 42.5 Å². The molecule has 0 aromatic rings. The van der Waals surface area contributed by atoms with Crippen LogP contribution >= 0.6 is 0 Å². The van der Waals surface area contributed by atoms with Crippen LogP contribution in [0, 0.1) is 0 Å². The lowest BCUT2D eigenvalue weighted by Crippen LogP contribution is -1.92. The summed E-state index contributed by atoms with van der Waals surface area (Å²) in [6.07, 6.45) is 0. The van der Waals surface area contributed by atoms with Crippen molar-refractivity contribution in [2.24, 2.45) is 0 Å². The SMILES string of the molecule is [O]C(=O)c1ccc2cccccc1-2. The van der Waals surface area contributed by atoms with E-state index in [1.54, 1.807) is 18.2 Å². The van der Waals surface area contributed by atoms with Gasteiger partial charge >= 0.3 is 5.97 Å². The fraction of sp³-hybridized carbons (Fsp3) is 0. The molecule has 2 nitrogen and oxygen atoms in total. The summed E-state index contributed by atoms with van der Waals surface area (Å²) >= 11 is 0. The van der Waals surface area contributed by atoms with Crippen LogP contribution in [-0.4, -0.2) is 5.97 Å². The average Bonchev–Trinajstić information content (AvgIpc) is 2.36. The van der Waals surface area contributed by atoms with Crippen molar-refractivity contribution in [1.82, 2.24) is 0 Å². The molecule has 0 aliphatic heterocycles. The van der Waals surface area contributed by atoms with E-state index in [9.17, 15) is 9.90 Å². The number of fused-ring (bicyclic) bond motifs is 1. The molecular formula is C11H7O2. The molecule has 1 radical (unpaired) electrons. The van der Waals surface area contributed by atoms with Crippen LogP contribution in [-0.2, 0) is 5.11 Å². The van der Waals surface area contributed by atoms with Crippen LogP contribution in [0.5, 0.6) is 0 Å². The van der Waals surface area contributed by atoms with Gasteiger partial charge in [0.2, 0.25) is 0 Å². The van der Waals surface area contributed by atoms with Gasteiger partial charge in [0.1, 0.15) is 0 Å². The summed E-state index contributed by atoms with van der Waals surface area (Å²) in [6.45, 7) is 0. The van der Waals surface area contributed by atoms with Crippen molar-refractivity contribution in [2.75, 3.05) is 0 Å². The Hall–Kier alpha value is -1.83. The van der Waals surface area contributed by atoms with E-state index in [1.807, 2.05) is 24.3 Å². The Bertz CT molecular complexity index is 420. The van der Waals surface area contributed by atoms with Crippen LogP contribution in [0.1, 0.15) is 10.4 Å². The maximum atomic E-state index is 10.7. The number of hydrogen-bond acceptors (Lipinski definition) is 1. The average molecular weight is 171 g/mol. The second kappa shape index (κ2) is 2.90. The maximum Gasteiger partial charge on any atom is 0.386 e. The van der Waals surface area contributed by atoms with E-state index >= 15 is 0 Å². The third kappa shape index (κ3) is 1.26. The van der Waals surface area contributed by atoms with Crippen LogP contribution in [0.4, 0.5) is 0 Å². The number of carbonyl (C=O) groups is 1. The molecule has 63 valence electrons. The summed E-state index contributed by atoms with van der Waals surface area (Å²) in [5.74, 6) is -1.12. The Morgan fingerprint density at radius 2 is 1.69 bits per heavy atom. The molecule has 2 rings (SSSR count). The molecule has 0 atom stereocenters. The summed E-state index contributed by atoms with van der Waals surface area (Å²) < 4.78 is 0.